The van der Waals surface area contributed by atoms with E-state index in [-0.39, 0.29) is 16.9 Å². The molecular weight excluding hydrogens is 224 g/mol. The van der Waals surface area contributed by atoms with E-state index in [2.05, 4.69) is 20.8 Å². The molecule has 0 aliphatic heterocycles. The first-order valence-corrected chi connectivity index (χ1v) is 7.76. The van der Waals surface area contributed by atoms with Crippen molar-refractivity contribution in [2.75, 3.05) is 13.7 Å². The van der Waals surface area contributed by atoms with Gasteiger partial charge in [0.15, 0.2) is 0 Å². The maximum absolute atomic E-state index is 10.4. The van der Waals surface area contributed by atoms with Crippen LogP contribution in [0.1, 0.15) is 72.1 Å². The van der Waals surface area contributed by atoms with Crippen LogP contribution in [-0.2, 0) is 4.74 Å². The number of unbranched alkanes of at least 4 members (excludes halogenated alkanes) is 4. The Labute approximate surface area is 113 Å². The zero-order valence-corrected chi connectivity index (χ0v) is 12.8. The molecular formula is C16H32O2. The Hall–Kier alpha value is -0.0800. The summed E-state index contributed by atoms with van der Waals surface area (Å²) in [5.41, 5.74) is 0.149. The van der Waals surface area contributed by atoms with Crippen LogP contribution in [0.25, 0.3) is 0 Å². The largest absolute Gasteiger partial charge is 0.392 e. The number of ether oxygens (including phenoxy) is 1. The maximum Gasteiger partial charge on any atom is 0.0685 e. The molecule has 108 valence electrons. The van der Waals surface area contributed by atoms with Crippen molar-refractivity contribution in [3.05, 3.63) is 0 Å². The number of aliphatic hydroxyl groups excluding tert-OH is 1. The summed E-state index contributed by atoms with van der Waals surface area (Å²) in [6.45, 7) is 7.38. The first-order chi connectivity index (χ1) is 8.59. The molecule has 0 heterocycles. The number of rotatable bonds is 10. The first kappa shape index (κ1) is 16.0. The number of aliphatic hydroxyl groups is 1. The van der Waals surface area contributed by atoms with Crippen molar-refractivity contribution in [3.8, 4) is 0 Å². The molecule has 1 N–H and O–H groups in total. The molecule has 1 aliphatic carbocycles. The van der Waals surface area contributed by atoms with Gasteiger partial charge >= 0.3 is 0 Å². The standard InChI is InChI=1S/C16H32O2/c1-5-7-9-10-12-16(11-8-6-2)14(17)15(16,3)13-18-4/h14,17H,5-13H2,1-4H3/t14-,15+,16+/m0/s1. The summed E-state index contributed by atoms with van der Waals surface area (Å²) in [6, 6.07) is 0. The van der Waals surface area contributed by atoms with Crippen LogP contribution in [0, 0.1) is 10.8 Å². The summed E-state index contributed by atoms with van der Waals surface area (Å²) in [4.78, 5) is 0. The third kappa shape index (κ3) is 2.91. The lowest BCUT2D eigenvalue weighted by molar-refractivity contribution is 0.107. The molecule has 2 nitrogen and oxygen atoms in total. The topological polar surface area (TPSA) is 29.5 Å². The van der Waals surface area contributed by atoms with Crippen molar-refractivity contribution in [1.82, 2.24) is 0 Å². The molecule has 0 radical (unpaired) electrons. The van der Waals surface area contributed by atoms with Crippen LogP contribution in [0.5, 0.6) is 0 Å². The van der Waals surface area contributed by atoms with Crippen molar-refractivity contribution >= 4 is 0 Å². The summed E-state index contributed by atoms with van der Waals surface area (Å²) in [5.74, 6) is 0. The van der Waals surface area contributed by atoms with Crippen LogP contribution in [0.3, 0.4) is 0 Å². The number of methoxy groups -OCH3 is 1. The third-order valence-electron chi connectivity index (χ3n) is 5.08. The SMILES string of the molecule is CCCCCC[C@]1(CCCC)[C@@H](O)[C@@]1(C)COC. The van der Waals surface area contributed by atoms with Gasteiger partial charge in [0.1, 0.15) is 0 Å². The molecule has 0 amide bonds. The Balaban J connectivity index is 2.55. The second-order valence-electron chi connectivity index (χ2n) is 6.32. The van der Waals surface area contributed by atoms with E-state index in [9.17, 15) is 5.11 Å². The summed E-state index contributed by atoms with van der Waals surface area (Å²) >= 11 is 0. The summed E-state index contributed by atoms with van der Waals surface area (Å²) in [5, 5.41) is 10.4. The molecule has 0 saturated heterocycles. The first-order valence-electron chi connectivity index (χ1n) is 7.76. The monoisotopic (exact) mass is 256 g/mol. The lowest BCUT2D eigenvalue weighted by Gasteiger charge is -2.21. The van der Waals surface area contributed by atoms with E-state index in [1.807, 2.05) is 0 Å². The highest BCUT2D eigenvalue weighted by atomic mass is 16.5. The fourth-order valence-electron chi connectivity index (χ4n) is 3.66. The zero-order valence-electron chi connectivity index (χ0n) is 12.8. The summed E-state index contributed by atoms with van der Waals surface area (Å²) < 4.78 is 5.34. The summed E-state index contributed by atoms with van der Waals surface area (Å²) in [7, 11) is 1.75. The zero-order chi connectivity index (χ0) is 13.6. The van der Waals surface area contributed by atoms with E-state index in [1.165, 1.54) is 44.9 Å². The van der Waals surface area contributed by atoms with Crippen LogP contribution in [0.15, 0.2) is 0 Å². The highest BCUT2D eigenvalue weighted by molar-refractivity contribution is 5.20. The van der Waals surface area contributed by atoms with Crippen LogP contribution >= 0.6 is 0 Å². The van der Waals surface area contributed by atoms with Gasteiger partial charge < -0.3 is 9.84 Å². The van der Waals surface area contributed by atoms with E-state index in [0.29, 0.717) is 6.61 Å². The normalized spacial score (nSPS) is 34.8. The highest BCUT2D eigenvalue weighted by Crippen LogP contribution is 2.68. The maximum atomic E-state index is 10.4. The Bertz CT molecular complexity index is 241. The van der Waals surface area contributed by atoms with Crippen LogP contribution in [0.2, 0.25) is 0 Å². The Morgan fingerprint density at radius 3 is 2.17 bits per heavy atom. The van der Waals surface area contributed by atoms with Crippen LogP contribution in [0.4, 0.5) is 0 Å². The van der Waals surface area contributed by atoms with Crippen molar-refractivity contribution in [2.45, 2.75) is 78.2 Å². The molecule has 1 fully saturated rings. The van der Waals surface area contributed by atoms with E-state index >= 15 is 0 Å². The Morgan fingerprint density at radius 2 is 1.61 bits per heavy atom. The number of hydrogen-bond donors (Lipinski definition) is 1. The smallest absolute Gasteiger partial charge is 0.0685 e. The van der Waals surface area contributed by atoms with Crippen LogP contribution in [-0.4, -0.2) is 24.9 Å². The van der Waals surface area contributed by atoms with E-state index < -0.39 is 0 Å². The van der Waals surface area contributed by atoms with Crippen LogP contribution < -0.4 is 0 Å². The van der Waals surface area contributed by atoms with Gasteiger partial charge in [-0.2, -0.15) is 0 Å². The van der Waals surface area contributed by atoms with Crippen molar-refractivity contribution in [3.63, 3.8) is 0 Å². The van der Waals surface area contributed by atoms with Crippen molar-refractivity contribution < 1.29 is 9.84 Å². The van der Waals surface area contributed by atoms with Crippen molar-refractivity contribution in [1.29, 1.82) is 0 Å². The van der Waals surface area contributed by atoms with Gasteiger partial charge in [-0.1, -0.05) is 59.3 Å². The lowest BCUT2D eigenvalue weighted by atomic mass is 9.84. The molecule has 0 bridgehead atoms. The Kier molecular flexibility index (Phi) is 6.13. The van der Waals surface area contributed by atoms with E-state index in [0.717, 1.165) is 6.42 Å². The molecule has 3 atom stereocenters. The van der Waals surface area contributed by atoms with Gasteiger partial charge in [-0.05, 0) is 12.8 Å². The summed E-state index contributed by atoms with van der Waals surface area (Å²) in [6.07, 6.45) is 9.79. The van der Waals surface area contributed by atoms with Gasteiger partial charge in [0.2, 0.25) is 0 Å². The molecule has 0 unspecified atom stereocenters. The minimum absolute atomic E-state index is 0.00311. The second kappa shape index (κ2) is 6.91. The molecule has 18 heavy (non-hydrogen) atoms. The molecule has 1 saturated carbocycles. The fourth-order valence-corrected chi connectivity index (χ4v) is 3.66. The molecule has 1 aliphatic rings. The quantitative estimate of drug-likeness (QED) is 0.595. The van der Waals surface area contributed by atoms with Gasteiger partial charge in [-0.15, -0.1) is 0 Å². The van der Waals surface area contributed by atoms with Gasteiger partial charge in [0, 0.05) is 17.9 Å². The minimum atomic E-state index is -0.155. The van der Waals surface area contributed by atoms with Gasteiger partial charge in [-0.25, -0.2) is 0 Å². The van der Waals surface area contributed by atoms with E-state index in [1.54, 1.807) is 7.11 Å². The fraction of sp³-hybridized carbons (Fsp3) is 1.00. The van der Waals surface area contributed by atoms with Gasteiger partial charge in [0.05, 0.1) is 12.7 Å². The van der Waals surface area contributed by atoms with Crippen molar-refractivity contribution in [2.24, 2.45) is 10.8 Å². The number of hydrogen-bond acceptors (Lipinski definition) is 2. The minimum Gasteiger partial charge on any atom is -0.392 e. The predicted molar refractivity (Wildman–Crippen MR) is 76.7 cm³/mol. The highest BCUT2D eigenvalue weighted by Gasteiger charge is 2.71. The molecule has 1 rings (SSSR count). The Morgan fingerprint density at radius 1 is 1.00 bits per heavy atom. The average Bonchev–Trinajstić information content (AvgIpc) is 2.80. The third-order valence-corrected chi connectivity index (χ3v) is 5.08. The average molecular weight is 256 g/mol. The van der Waals surface area contributed by atoms with Gasteiger partial charge in [0.25, 0.3) is 0 Å². The molecule has 0 spiro atoms. The van der Waals surface area contributed by atoms with Gasteiger partial charge in [-0.3, -0.25) is 0 Å². The predicted octanol–water partition coefficient (Wildman–Crippen LogP) is 4.16. The molecule has 0 aromatic rings. The van der Waals surface area contributed by atoms with E-state index in [4.69, 9.17) is 4.74 Å². The second-order valence-corrected chi connectivity index (χ2v) is 6.32. The molecule has 2 heteroatoms. The molecule has 0 aromatic heterocycles. The molecule has 0 aromatic carbocycles. The lowest BCUT2D eigenvalue weighted by Crippen LogP contribution is -2.17.